The predicted molar refractivity (Wildman–Crippen MR) is 217 cm³/mol. The van der Waals surface area contributed by atoms with Crippen LogP contribution in [-0.4, -0.2) is 56.0 Å². The number of benzene rings is 6. The number of hydrogen-bond donors (Lipinski definition) is 2. The number of phenols is 1. The maximum atomic E-state index is 15.3. The number of fused-ring (bicyclic) bond motifs is 5. The van der Waals surface area contributed by atoms with E-state index in [-0.39, 0.29) is 11.5 Å². The summed E-state index contributed by atoms with van der Waals surface area (Å²) in [6, 6.07) is 36.3. The van der Waals surface area contributed by atoms with Crippen molar-refractivity contribution in [3.63, 3.8) is 0 Å². The van der Waals surface area contributed by atoms with Crippen molar-refractivity contribution in [1.82, 2.24) is 9.55 Å². The highest BCUT2D eigenvalue weighted by Crippen LogP contribution is 2.52. The largest absolute Gasteiger partial charge is 0.506 e. The molecule has 0 atom stereocenters. The second-order valence-corrected chi connectivity index (χ2v) is 13.2. The molecule has 0 aliphatic carbocycles. The normalized spacial score (nSPS) is 11.3. The first-order valence-electron chi connectivity index (χ1n) is 17.9. The Bertz CT molecular complexity index is 2670. The average Bonchev–Trinajstić information content (AvgIpc) is 3.79. The molecule has 2 aromatic heterocycles. The van der Waals surface area contributed by atoms with E-state index in [1.807, 2.05) is 84.9 Å². The summed E-state index contributed by atoms with van der Waals surface area (Å²) >= 11 is 0. The standard InChI is InChI=1S/C46H40N2O7/c1-51-31-17-9-27(10-18-31)25-26-48-43-38(29-13-21-33(53-3)22-14-29)46(55-5)42-39(35-7-6-8-36(49)41(35)47-42)40(43)37(28-11-19-32(52-2)20-12-28)44(48)45(50)30-15-23-34(54-4)24-16-30/h6-24,47,49H,25-26H2,1-5H3. The third-order valence-electron chi connectivity index (χ3n) is 10.3. The number of hydrogen-bond acceptors (Lipinski definition) is 7. The SMILES string of the molecule is COc1ccc(CCn2c(C(=O)c3ccc(OC)cc3)c(-c3ccc(OC)cc3)c3c4c([nH]c5c(O)cccc54)c(OC)c(-c4ccc(OC)cc4)c32)cc1. The van der Waals surface area contributed by atoms with Gasteiger partial charge in [0, 0.05) is 33.8 Å². The third-order valence-corrected chi connectivity index (χ3v) is 10.3. The molecular weight excluding hydrogens is 693 g/mol. The number of aromatic nitrogens is 2. The van der Waals surface area contributed by atoms with Gasteiger partial charge in [-0.15, -0.1) is 0 Å². The lowest BCUT2D eigenvalue weighted by atomic mass is 9.92. The topological polar surface area (TPSA) is 104 Å². The van der Waals surface area contributed by atoms with Crippen LogP contribution in [0.3, 0.4) is 0 Å². The first kappa shape index (κ1) is 35.2. The van der Waals surface area contributed by atoms with Gasteiger partial charge in [-0.3, -0.25) is 4.79 Å². The Hall–Kier alpha value is -6.87. The van der Waals surface area contributed by atoms with Gasteiger partial charge in [-0.25, -0.2) is 0 Å². The van der Waals surface area contributed by atoms with Crippen LogP contribution in [0.25, 0.3) is 55.0 Å². The van der Waals surface area contributed by atoms with Crippen LogP contribution >= 0.6 is 0 Å². The maximum absolute atomic E-state index is 15.3. The molecule has 8 aromatic rings. The number of para-hydroxylation sites is 1. The van der Waals surface area contributed by atoms with E-state index in [0.29, 0.717) is 58.3 Å². The molecule has 9 heteroatoms. The van der Waals surface area contributed by atoms with Crippen molar-refractivity contribution in [3.05, 3.63) is 132 Å². The molecule has 0 radical (unpaired) electrons. The molecule has 6 aromatic carbocycles. The minimum absolute atomic E-state index is 0.106. The molecule has 0 aliphatic heterocycles. The summed E-state index contributed by atoms with van der Waals surface area (Å²) in [5.41, 5.74) is 7.40. The Morgan fingerprint density at radius 3 is 1.67 bits per heavy atom. The Labute approximate surface area is 318 Å². The zero-order valence-corrected chi connectivity index (χ0v) is 31.2. The van der Waals surface area contributed by atoms with Gasteiger partial charge in [-0.2, -0.15) is 0 Å². The molecule has 0 aliphatic rings. The number of rotatable bonds is 12. The Morgan fingerprint density at radius 1 is 0.600 bits per heavy atom. The summed E-state index contributed by atoms with van der Waals surface area (Å²) in [5, 5.41) is 13.7. The lowest BCUT2D eigenvalue weighted by molar-refractivity contribution is 0.103. The van der Waals surface area contributed by atoms with Crippen molar-refractivity contribution in [1.29, 1.82) is 0 Å². The van der Waals surface area contributed by atoms with Crippen molar-refractivity contribution >= 4 is 38.5 Å². The number of nitrogens with zero attached hydrogens (tertiary/aromatic N) is 1. The highest BCUT2D eigenvalue weighted by molar-refractivity contribution is 6.32. The van der Waals surface area contributed by atoms with E-state index in [2.05, 4.69) is 9.55 Å². The minimum atomic E-state index is -0.158. The van der Waals surface area contributed by atoms with E-state index in [4.69, 9.17) is 23.7 Å². The molecule has 276 valence electrons. The van der Waals surface area contributed by atoms with Crippen LogP contribution in [0.5, 0.6) is 34.5 Å². The number of carbonyl (C=O) groups is 1. The average molecular weight is 733 g/mol. The Kier molecular flexibility index (Phi) is 9.28. The summed E-state index contributed by atoms with van der Waals surface area (Å²) in [7, 11) is 8.18. The Morgan fingerprint density at radius 2 is 1.13 bits per heavy atom. The van der Waals surface area contributed by atoms with Gasteiger partial charge in [0.1, 0.15) is 28.7 Å². The summed E-state index contributed by atoms with van der Waals surface area (Å²) < 4.78 is 30.5. The smallest absolute Gasteiger partial charge is 0.210 e. The van der Waals surface area contributed by atoms with Crippen LogP contribution in [0.4, 0.5) is 0 Å². The first-order valence-corrected chi connectivity index (χ1v) is 17.9. The summed E-state index contributed by atoms with van der Waals surface area (Å²) in [6.07, 6.45) is 0.607. The number of carbonyl (C=O) groups excluding carboxylic acids is 1. The van der Waals surface area contributed by atoms with E-state index >= 15 is 4.79 Å². The van der Waals surface area contributed by atoms with Crippen LogP contribution in [0, 0.1) is 0 Å². The molecule has 0 saturated carbocycles. The van der Waals surface area contributed by atoms with Gasteiger partial charge in [0.05, 0.1) is 63.4 Å². The molecule has 0 spiro atoms. The maximum Gasteiger partial charge on any atom is 0.210 e. The number of phenolic OH excluding ortho intramolecular Hbond substituents is 1. The van der Waals surface area contributed by atoms with Crippen LogP contribution in [0.2, 0.25) is 0 Å². The number of nitrogens with one attached hydrogen (secondary N) is 1. The Balaban J connectivity index is 1.57. The van der Waals surface area contributed by atoms with Crippen LogP contribution in [0.1, 0.15) is 21.6 Å². The van der Waals surface area contributed by atoms with Crippen molar-refractivity contribution in [2.24, 2.45) is 0 Å². The highest BCUT2D eigenvalue weighted by atomic mass is 16.5. The number of aromatic amines is 1. The zero-order chi connectivity index (χ0) is 38.2. The summed E-state index contributed by atoms with van der Waals surface area (Å²) in [6.45, 7) is 0.446. The minimum Gasteiger partial charge on any atom is -0.506 e. The molecule has 0 saturated heterocycles. The molecule has 2 heterocycles. The fraction of sp³-hybridized carbons (Fsp3) is 0.152. The van der Waals surface area contributed by atoms with Gasteiger partial charge >= 0.3 is 0 Å². The zero-order valence-electron chi connectivity index (χ0n) is 31.2. The predicted octanol–water partition coefficient (Wildman–Crippen LogP) is 9.83. The molecule has 55 heavy (non-hydrogen) atoms. The van der Waals surface area contributed by atoms with E-state index < -0.39 is 0 Å². The van der Waals surface area contributed by atoms with Gasteiger partial charge in [0.2, 0.25) is 5.78 Å². The van der Waals surface area contributed by atoms with E-state index in [1.165, 1.54) is 0 Å². The molecule has 0 unspecified atom stereocenters. The number of ketones is 1. The summed E-state index contributed by atoms with van der Waals surface area (Å²) in [5.74, 6) is 3.35. The van der Waals surface area contributed by atoms with Crippen molar-refractivity contribution < 1.29 is 33.6 Å². The number of H-pyrrole nitrogens is 1. The second kappa shape index (κ2) is 14.5. The first-order chi connectivity index (χ1) is 26.9. The van der Waals surface area contributed by atoms with Crippen molar-refractivity contribution in [2.75, 3.05) is 35.5 Å². The molecule has 8 rings (SSSR count). The third kappa shape index (κ3) is 6.03. The number of aromatic hydroxyl groups is 1. The van der Waals surface area contributed by atoms with Crippen LogP contribution < -0.4 is 23.7 Å². The van der Waals surface area contributed by atoms with Gasteiger partial charge in [-0.05, 0) is 89.8 Å². The van der Waals surface area contributed by atoms with Gasteiger partial charge in [0.25, 0.3) is 0 Å². The fourth-order valence-electron chi connectivity index (χ4n) is 7.63. The number of methoxy groups -OCH3 is 5. The lowest BCUT2D eigenvalue weighted by Gasteiger charge is -2.17. The van der Waals surface area contributed by atoms with Crippen LogP contribution in [-0.2, 0) is 13.0 Å². The van der Waals surface area contributed by atoms with Gasteiger partial charge in [-0.1, -0.05) is 48.5 Å². The van der Waals surface area contributed by atoms with E-state index in [0.717, 1.165) is 55.2 Å². The molecule has 9 nitrogen and oxygen atoms in total. The monoisotopic (exact) mass is 732 g/mol. The van der Waals surface area contributed by atoms with Gasteiger partial charge < -0.3 is 38.3 Å². The molecule has 0 amide bonds. The molecule has 0 fully saturated rings. The van der Waals surface area contributed by atoms with Gasteiger partial charge in [0.15, 0.2) is 5.75 Å². The quantitative estimate of drug-likeness (QED) is 0.121. The molecule has 2 N–H and O–H groups in total. The molecule has 0 bridgehead atoms. The number of aryl methyl sites for hydroxylation is 2. The van der Waals surface area contributed by atoms with Crippen molar-refractivity contribution in [2.45, 2.75) is 13.0 Å². The molecular formula is C46H40N2O7. The van der Waals surface area contributed by atoms with E-state index in [1.54, 1.807) is 65.9 Å². The number of ether oxygens (including phenoxy) is 5. The highest BCUT2D eigenvalue weighted by Gasteiger charge is 2.32. The second-order valence-electron chi connectivity index (χ2n) is 13.2. The summed E-state index contributed by atoms with van der Waals surface area (Å²) in [4.78, 5) is 18.8. The van der Waals surface area contributed by atoms with Crippen molar-refractivity contribution in [3.8, 4) is 56.8 Å². The van der Waals surface area contributed by atoms with Crippen LogP contribution in [0.15, 0.2) is 115 Å². The lowest BCUT2D eigenvalue weighted by Crippen LogP contribution is -2.13. The van der Waals surface area contributed by atoms with E-state index in [9.17, 15) is 5.11 Å². The fourth-order valence-corrected chi connectivity index (χ4v) is 7.63.